The van der Waals surface area contributed by atoms with Crippen molar-refractivity contribution in [1.29, 1.82) is 0 Å². The summed E-state index contributed by atoms with van der Waals surface area (Å²) in [5.41, 5.74) is 3.60. The summed E-state index contributed by atoms with van der Waals surface area (Å²) in [5, 5.41) is 0. The van der Waals surface area contributed by atoms with E-state index in [2.05, 4.69) is 67.9 Å². The average Bonchev–Trinajstić information content (AvgIpc) is 3.04. The van der Waals surface area contributed by atoms with Gasteiger partial charge in [-0.25, -0.2) is 15.0 Å². The first-order valence-electron chi connectivity index (χ1n) is 9.00. The van der Waals surface area contributed by atoms with Gasteiger partial charge < -0.3 is 4.57 Å². The van der Waals surface area contributed by atoms with Gasteiger partial charge in [0.1, 0.15) is 12.2 Å². The van der Waals surface area contributed by atoms with Crippen LogP contribution in [0.15, 0.2) is 55.2 Å². The molecule has 0 N–H and O–H groups in total. The summed E-state index contributed by atoms with van der Waals surface area (Å²) in [7, 11) is 2.10. The number of hydrogen-bond acceptors (Lipinski definition) is 5. The molecule has 1 aliphatic heterocycles. The predicted octanol–water partition coefficient (Wildman–Crippen LogP) is 2.32. The monoisotopic (exact) mass is 348 g/mol. The SMILES string of the molecule is CN(Cc1cncnc1)Cc1cn2c(n1)CN(Cc1ccccc1)CC2. The van der Waals surface area contributed by atoms with Crippen molar-refractivity contribution >= 4 is 0 Å². The van der Waals surface area contributed by atoms with Gasteiger partial charge in [0.05, 0.1) is 12.2 Å². The summed E-state index contributed by atoms with van der Waals surface area (Å²) in [4.78, 5) is 17.7. The molecule has 1 aliphatic rings. The molecule has 3 aromatic rings. The molecule has 26 heavy (non-hydrogen) atoms. The zero-order valence-corrected chi connectivity index (χ0v) is 15.1. The highest BCUT2D eigenvalue weighted by Crippen LogP contribution is 2.16. The molecule has 1 aromatic carbocycles. The van der Waals surface area contributed by atoms with Gasteiger partial charge in [-0.3, -0.25) is 9.80 Å². The smallest absolute Gasteiger partial charge is 0.123 e. The van der Waals surface area contributed by atoms with E-state index in [1.807, 2.05) is 12.4 Å². The Morgan fingerprint density at radius 2 is 1.81 bits per heavy atom. The summed E-state index contributed by atoms with van der Waals surface area (Å²) in [6.45, 7) is 5.61. The van der Waals surface area contributed by atoms with E-state index in [0.717, 1.165) is 50.5 Å². The van der Waals surface area contributed by atoms with Gasteiger partial charge in [-0.15, -0.1) is 0 Å². The van der Waals surface area contributed by atoms with Crippen molar-refractivity contribution in [2.75, 3.05) is 13.6 Å². The van der Waals surface area contributed by atoms with Gasteiger partial charge in [-0.05, 0) is 12.6 Å². The van der Waals surface area contributed by atoms with Crippen LogP contribution >= 0.6 is 0 Å². The van der Waals surface area contributed by atoms with Crippen molar-refractivity contribution < 1.29 is 0 Å². The molecule has 6 heteroatoms. The molecule has 2 aromatic heterocycles. The largest absolute Gasteiger partial charge is 0.332 e. The Morgan fingerprint density at radius 1 is 1.00 bits per heavy atom. The molecular formula is C20H24N6. The van der Waals surface area contributed by atoms with Crippen LogP contribution in [0.3, 0.4) is 0 Å². The Kier molecular flexibility index (Phi) is 5.04. The van der Waals surface area contributed by atoms with Gasteiger partial charge in [-0.2, -0.15) is 0 Å². The minimum Gasteiger partial charge on any atom is -0.332 e. The predicted molar refractivity (Wildman–Crippen MR) is 100.0 cm³/mol. The van der Waals surface area contributed by atoms with Crippen molar-refractivity contribution in [2.45, 2.75) is 32.7 Å². The average molecular weight is 348 g/mol. The lowest BCUT2D eigenvalue weighted by atomic mass is 10.2. The van der Waals surface area contributed by atoms with Crippen molar-refractivity contribution in [3.8, 4) is 0 Å². The molecule has 6 nitrogen and oxygen atoms in total. The molecular weight excluding hydrogens is 324 g/mol. The van der Waals surface area contributed by atoms with E-state index in [9.17, 15) is 0 Å². The topological polar surface area (TPSA) is 50.1 Å². The van der Waals surface area contributed by atoms with Crippen LogP contribution in [-0.4, -0.2) is 42.9 Å². The third kappa shape index (κ3) is 4.15. The Balaban J connectivity index is 1.36. The molecule has 0 aliphatic carbocycles. The maximum atomic E-state index is 4.87. The number of fused-ring (bicyclic) bond motifs is 1. The van der Waals surface area contributed by atoms with Crippen LogP contribution in [0.2, 0.25) is 0 Å². The quantitative estimate of drug-likeness (QED) is 0.684. The molecule has 0 spiro atoms. The summed E-state index contributed by atoms with van der Waals surface area (Å²) in [6, 6.07) is 10.7. The van der Waals surface area contributed by atoms with Gasteiger partial charge in [0.15, 0.2) is 0 Å². The lowest BCUT2D eigenvalue weighted by molar-refractivity contribution is 0.209. The minimum atomic E-state index is 0.823. The first-order valence-corrected chi connectivity index (χ1v) is 9.00. The maximum absolute atomic E-state index is 4.87. The highest BCUT2D eigenvalue weighted by atomic mass is 15.2. The Morgan fingerprint density at radius 3 is 2.62 bits per heavy atom. The van der Waals surface area contributed by atoms with Gasteiger partial charge in [-0.1, -0.05) is 30.3 Å². The lowest BCUT2D eigenvalue weighted by Crippen LogP contribution is -2.33. The van der Waals surface area contributed by atoms with E-state index >= 15 is 0 Å². The van der Waals surface area contributed by atoms with Crippen molar-refractivity contribution in [2.24, 2.45) is 0 Å². The Labute approximate surface area is 154 Å². The summed E-state index contributed by atoms with van der Waals surface area (Å²) in [6.07, 6.45) is 7.49. The van der Waals surface area contributed by atoms with Gasteiger partial charge >= 0.3 is 0 Å². The van der Waals surface area contributed by atoms with E-state index in [-0.39, 0.29) is 0 Å². The zero-order valence-electron chi connectivity index (χ0n) is 15.1. The number of aromatic nitrogens is 4. The summed E-state index contributed by atoms with van der Waals surface area (Å²) in [5.74, 6) is 1.17. The molecule has 134 valence electrons. The van der Waals surface area contributed by atoms with E-state index in [1.54, 1.807) is 6.33 Å². The normalized spacial score (nSPS) is 14.5. The van der Waals surface area contributed by atoms with Crippen LogP contribution in [-0.2, 0) is 32.7 Å². The maximum Gasteiger partial charge on any atom is 0.123 e. The number of hydrogen-bond donors (Lipinski definition) is 0. The lowest BCUT2D eigenvalue weighted by Gasteiger charge is -2.27. The first-order chi connectivity index (χ1) is 12.8. The standard InChI is InChI=1S/C20H24N6/c1-24(11-18-9-21-16-22-10-18)13-19-14-26-8-7-25(15-20(26)23-19)12-17-5-3-2-4-6-17/h2-6,9-10,14,16H,7-8,11-13,15H2,1H3. The van der Waals surface area contributed by atoms with Crippen LogP contribution in [0.4, 0.5) is 0 Å². The highest BCUT2D eigenvalue weighted by Gasteiger charge is 2.19. The molecule has 0 saturated carbocycles. The molecule has 4 rings (SSSR count). The number of benzene rings is 1. The summed E-state index contributed by atoms with van der Waals surface area (Å²) >= 11 is 0. The third-order valence-electron chi connectivity index (χ3n) is 4.68. The minimum absolute atomic E-state index is 0.823. The molecule has 0 bridgehead atoms. The summed E-state index contributed by atoms with van der Waals surface area (Å²) < 4.78 is 2.30. The number of nitrogens with zero attached hydrogens (tertiary/aromatic N) is 6. The van der Waals surface area contributed by atoms with Crippen LogP contribution in [0, 0.1) is 0 Å². The fourth-order valence-corrected chi connectivity index (χ4v) is 3.47. The van der Waals surface area contributed by atoms with E-state index < -0.39 is 0 Å². The van der Waals surface area contributed by atoms with Crippen LogP contribution in [0.1, 0.15) is 22.6 Å². The molecule has 0 unspecified atom stereocenters. The first kappa shape index (κ1) is 16.9. The fourth-order valence-electron chi connectivity index (χ4n) is 3.47. The second kappa shape index (κ2) is 7.76. The van der Waals surface area contributed by atoms with E-state index in [4.69, 9.17) is 4.98 Å². The van der Waals surface area contributed by atoms with Crippen LogP contribution in [0.5, 0.6) is 0 Å². The number of imidazole rings is 1. The second-order valence-electron chi connectivity index (χ2n) is 6.96. The molecule has 0 fully saturated rings. The zero-order chi connectivity index (χ0) is 17.8. The molecule has 0 amide bonds. The third-order valence-corrected chi connectivity index (χ3v) is 4.68. The highest BCUT2D eigenvalue weighted by molar-refractivity contribution is 5.15. The number of rotatable bonds is 6. The van der Waals surface area contributed by atoms with Gasteiger partial charge in [0.2, 0.25) is 0 Å². The fraction of sp³-hybridized carbons (Fsp3) is 0.350. The Hall–Kier alpha value is -2.57. The van der Waals surface area contributed by atoms with Gasteiger partial charge in [0.25, 0.3) is 0 Å². The van der Waals surface area contributed by atoms with Crippen LogP contribution in [0.25, 0.3) is 0 Å². The van der Waals surface area contributed by atoms with E-state index in [1.165, 1.54) is 11.4 Å². The van der Waals surface area contributed by atoms with Crippen molar-refractivity contribution in [1.82, 2.24) is 29.3 Å². The Bertz CT molecular complexity index is 830. The molecule has 3 heterocycles. The van der Waals surface area contributed by atoms with Crippen LogP contribution < -0.4 is 0 Å². The van der Waals surface area contributed by atoms with Gasteiger partial charge in [0, 0.05) is 56.9 Å². The van der Waals surface area contributed by atoms with E-state index in [0.29, 0.717) is 0 Å². The van der Waals surface area contributed by atoms with Crippen molar-refractivity contribution in [3.05, 3.63) is 77.9 Å². The molecule has 0 radical (unpaired) electrons. The second-order valence-corrected chi connectivity index (χ2v) is 6.96. The molecule has 0 saturated heterocycles. The van der Waals surface area contributed by atoms with Crippen molar-refractivity contribution in [3.63, 3.8) is 0 Å². The molecule has 0 atom stereocenters.